The van der Waals surface area contributed by atoms with Crippen LogP contribution in [0.25, 0.3) is 5.69 Å². The summed E-state index contributed by atoms with van der Waals surface area (Å²) in [4.78, 5) is 12.3. The zero-order valence-electron chi connectivity index (χ0n) is 13.1. The van der Waals surface area contributed by atoms with Gasteiger partial charge in [0.1, 0.15) is 11.6 Å². The third-order valence-corrected chi connectivity index (χ3v) is 4.32. The molecule has 0 saturated carbocycles. The number of nitrogens with zero attached hydrogens (tertiary/aromatic N) is 3. The summed E-state index contributed by atoms with van der Waals surface area (Å²) in [6.07, 6.45) is 0. The van der Waals surface area contributed by atoms with Crippen molar-refractivity contribution in [3.63, 3.8) is 0 Å². The maximum Gasteiger partial charge on any atom is 0.274 e. The highest BCUT2D eigenvalue weighted by Crippen LogP contribution is 2.21. The SMILES string of the molecule is Cc1c(C(=O)NCc2ccc(F)cc2F)nnn1-c1ccccc1Br. The molecule has 5 nitrogen and oxygen atoms in total. The molecule has 0 unspecified atom stereocenters. The van der Waals surface area contributed by atoms with E-state index in [2.05, 4.69) is 31.6 Å². The maximum atomic E-state index is 13.6. The highest BCUT2D eigenvalue weighted by molar-refractivity contribution is 9.10. The molecular weight excluding hydrogens is 394 g/mol. The molecule has 0 saturated heterocycles. The van der Waals surface area contributed by atoms with Gasteiger partial charge in [-0.25, -0.2) is 13.5 Å². The fourth-order valence-electron chi connectivity index (χ4n) is 2.32. The summed E-state index contributed by atoms with van der Waals surface area (Å²) >= 11 is 3.43. The van der Waals surface area contributed by atoms with Gasteiger partial charge in [-0.15, -0.1) is 5.10 Å². The predicted octanol–water partition coefficient (Wildman–Crippen LogP) is 3.55. The van der Waals surface area contributed by atoms with Crippen molar-refractivity contribution in [3.05, 3.63) is 75.5 Å². The van der Waals surface area contributed by atoms with E-state index >= 15 is 0 Å². The van der Waals surface area contributed by atoms with E-state index in [1.807, 2.05) is 24.3 Å². The van der Waals surface area contributed by atoms with E-state index in [0.717, 1.165) is 22.3 Å². The number of carbonyl (C=O) groups excluding carboxylic acids is 1. The number of amides is 1. The minimum Gasteiger partial charge on any atom is -0.346 e. The van der Waals surface area contributed by atoms with Crippen molar-refractivity contribution >= 4 is 21.8 Å². The molecular formula is C17H13BrF2N4O. The molecule has 25 heavy (non-hydrogen) atoms. The van der Waals surface area contributed by atoms with Crippen LogP contribution in [-0.4, -0.2) is 20.9 Å². The monoisotopic (exact) mass is 406 g/mol. The number of hydrogen-bond acceptors (Lipinski definition) is 3. The first kappa shape index (κ1) is 17.2. The molecule has 3 rings (SSSR count). The van der Waals surface area contributed by atoms with Gasteiger partial charge in [0, 0.05) is 22.6 Å². The smallest absolute Gasteiger partial charge is 0.274 e. The van der Waals surface area contributed by atoms with Gasteiger partial charge in [-0.2, -0.15) is 0 Å². The Morgan fingerprint density at radius 2 is 2.00 bits per heavy atom. The van der Waals surface area contributed by atoms with Crippen LogP contribution in [0.4, 0.5) is 8.78 Å². The van der Waals surface area contributed by atoms with Gasteiger partial charge in [0.15, 0.2) is 5.69 Å². The number of halogens is 3. The van der Waals surface area contributed by atoms with Gasteiger partial charge in [0.2, 0.25) is 0 Å². The van der Waals surface area contributed by atoms with Crippen LogP contribution < -0.4 is 5.32 Å². The van der Waals surface area contributed by atoms with Crippen LogP contribution in [0.1, 0.15) is 21.7 Å². The third kappa shape index (κ3) is 3.58. The van der Waals surface area contributed by atoms with Gasteiger partial charge in [-0.05, 0) is 41.1 Å². The molecule has 1 aromatic heterocycles. The standard InChI is InChI=1S/C17H13BrF2N4O/c1-10-16(22-23-24(10)15-5-3-2-4-13(15)18)17(25)21-9-11-6-7-12(19)8-14(11)20/h2-8H,9H2,1H3,(H,21,25). The first-order valence-corrected chi connectivity index (χ1v) is 8.16. The number of rotatable bonds is 4. The highest BCUT2D eigenvalue weighted by atomic mass is 79.9. The molecule has 0 aliphatic carbocycles. The van der Waals surface area contributed by atoms with Crippen LogP contribution >= 0.6 is 15.9 Å². The van der Waals surface area contributed by atoms with E-state index < -0.39 is 17.5 Å². The summed E-state index contributed by atoms with van der Waals surface area (Å²) in [6.45, 7) is 1.64. The van der Waals surface area contributed by atoms with E-state index in [4.69, 9.17) is 0 Å². The van der Waals surface area contributed by atoms with E-state index in [1.165, 1.54) is 10.7 Å². The second-order valence-corrected chi connectivity index (χ2v) is 6.16. The van der Waals surface area contributed by atoms with Crippen LogP contribution in [0.2, 0.25) is 0 Å². The average molecular weight is 407 g/mol. The molecule has 8 heteroatoms. The van der Waals surface area contributed by atoms with Crippen LogP contribution in [0.15, 0.2) is 46.9 Å². The van der Waals surface area contributed by atoms with Gasteiger partial charge in [-0.3, -0.25) is 4.79 Å². The molecule has 1 heterocycles. The lowest BCUT2D eigenvalue weighted by molar-refractivity contribution is 0.0945. The van der Waals surface area contributed by atoms with Gasteiger partial charge >= 0.3 is 0 Å². The van der Waals surface area contributed by atoms with Crippen molar-refractivity contribution in [1.29, 1.82) is 0 Å². The molecule has 2 aromatic carbocycles. The summed E-state index contributed by atoms with van der Waals surface area (Å²) in [7, 11) is 0. The van der Waals surface area contributed by atoms with E-state index in [-0.39, 0.29) is 17.8 Å². The molecule has 0 bridgehead atoms. The Morgan fingerprint density at radius 3 is 2.72 bits per heavy atom. The molecule has 0 fully saturated rings. The summed E-state index contributed by atoms with van der Waals surface area (Å²) in [5, 5.41) is 10.5. The topological polar surface area (TPSA) is 59.8 Å². The normalized spacial score (nSPS) is 10.7. The Labute approximate surface area is 150 Å². The summed E-state index contributed by atoms with van der Waals surface area (Å²) in [5.41, 5.74) is 1.61. The van der Waals surface area contributed by atoms with Crippen LogP contribution in [-0.2, 0) is 6.54 Å². The summed E-state index contributed by atoms with van der Waals surface area (Å²) < 4.78 is 28.9. The zero-order chi connectivity index (χ0) is 18.0. The molecule has 0 aliphatic heterocycles. The fraction of sp³-hybridized carbons (Fsp3) is 0.118. The Bertz CT molecular complexity index is 942. The summed E-state index contributed by atoms with van der Waals surface area (Å²) in [6, 6.07) is 10.6. The number of benzene rings is 2. The minimum atomic E-state index is -0.714. The third-order valence-electron chi connectivity index (χ3n) is 3.64. The molecule has 0 radical (unpaired) electrons. The van der Waals surface area contributed by atoms with Gasteiger partial charge in [-0.1, -0.05) is 23.4 Å². The van der Waals surface area contributed by atoms with E-state index in [0.29, 0.717) is 5.69 Å². The van der Waals surface area contributed by atoms with Crippen molar-refractivity contribution in [1.82, 2.24) is 20.3 Å². The highest BCUT2D eigenvalue weighted by Gasteiger charge is 2.18. The zero-order valence-corrected chi connectivity index (χ0v) is 14.7. The fourth-order valence-corrected chi connectivity index (χ4v) is 2.77. The Morgan fingerprint density at radius 1 is 1.24 bits per heavy atom. The first-order chi connectivity index (χ1) is 12.0. The Kier molecular flexibility index (Phi) is 4.89. The lowest BCUT2D eigenvalue weighted by atomic mass is 10.2. The summed E-state index contributed by atoms with van der Waals surface area (Å²) in [5.74, 6) is -1.87. The second-order valence-electron chi connectivity index (χ2n) is 5.31. The van der Waals surface area contributed by atoms with Crippen molar-refractivity contribution < 1.29 is 13.6 Å². The quantitative estimate of drug-likeness (QED) is 0.720. The number of aromatic nitrogens is 3. The lowest BCUT2D eigenvalue weighted by Gasteiger charge is -2.07. The molecule has 0 spiro atoms. The lowest BCUT2D eigenvalue weighted by Crippen LogP contribution is -2.24. The van der Waals surface area contributed by atoms with Gasteiger partial charge < -0.3 is 5.32 Å². The largest absolute Gasteiger partial charge is 0.346 e. The number of carbonyl (C=O) groups is 1. The number of nitrogens with one attached hydrogen (secondary N) is 1. The Balaban J connectivity index is 1.78. The molecule has 128 valence electrons. The molecule has 0 atom stereocenters. The molecule has 1 amide bonds. The van der Waals surface area contributed by atoms with Crippen LogP contribution in [0.3, 0.4) is 0 Å². The van der Waals surface area contributed by atoms with Crippen molar-refractivity contribution in [2.45, 2.75) is 13.5 Å². The molecule has 1 N–H and O–H groups in total. The molecule has 3 aromatic rings. The van der Waals surface area contributed by atoms with E-state index in [1.54, 1.807) is 6.92 Å². The predicted molar refractivity (Wildman–Crippen MR) is 91.3 cm³/mol. The Hall–Kier alpha value is -2.61. The van der Waals surface area contributed by atoms with Crippen molar-refractivity contribution in [2.24, 2.45) is 0 Å². The maximum absolute atomic E-state index is 13.6. The number of hydrogen-bond donors (Lipinski definition) is 1. The van der Waals surface area contributed by atoms with Gasteiger partial charge in [0.25, 0.3) is 5.91 Å². The van der Waals surface area contributed by atoms with Crippen molar-refractivity contribution in [3.8, 4) is 5.69 Å². The van der Waals surface area contributed by atoms with E-state index in [9.17, 15) is 13.6 Å². The average Bonchev–Trinajstić information content (AvgIpc) is 2.96. The van der Waals surface area contributed by atoms with Gasteiger partial charge in [0.05, 0.1) is 11.4 Å². The number of para-hydroxylation sites is 1. The van der Waals surface area contributed by atoms with Crippen LogP contribution in [0.5, 0.6) is 0 Å². The molecule has 0 aliphatic rings. The first-order valence-electron chi connectivity index (χ1n) is 7.36. The van der Waals surface area contributed by atoms with Crippen molar-refractivity contribution in [2.75, 3.05) is 0 Å². The second kappa shape index (κ2) is 7.10. The minimum absolute atomic E-state index is 0.0771. The van der Waals surface area contributed by atoms with Crippen LogP contribution in [0, 0.1) is 18.6 Å².